The van der Waals surface area contributed by atoms with E-state index in [1.54, 1.807) is 13.8 Å². The number of sulfonamides is 1. The van der Waals surface area contributed by atoms with Crippen molar-refractivity contribution in [2.45, 2.75) is 38.4 Å². The predicted molar refractivity (Wildman–Crippen MR) is 93.8 cm³/mol. The molecule has 3 amide bonds. The van der Waals surface area contributed by atoms with E-state index in [4.69, 9.17) is 4.74 Å². The minimum absolute atomic E-state index is 0.0807. The molecule has 1 aliphatic heterocycles. The van der Waals surface area contributed by atoms with Gasteiger partial charge in [-0.2, -0.15) is 21.6 Å². The molecule has 1 atom stereocenters. The normalized spacial score (nSPS) is 18.2. The second kappa shape index (κ2) is 8.25. The van der Waals surface area contributed by atoms with Crippen LogP contribution >= 0.6 is 0 Å². The van der Waals surface area contributed by atoms with E-state index in [2.05, 4.69) is 0 Å². The average Bonchev–Trinajstić information content (AvgIpc) is 2.58. The van der Waals surface area contributed by atoms with Crippen LogP contribution in [0.15, 0.2) is 24.3 Å². The van der Waals surface area contributed by atoms with Crippen LogP contribution in [0.3, 0.4) is 0 Å². The number of anilines is 1. The van der Waals surface area contributed by atoms with Crippen LogP contribution < -0.4 is 4.72 Å². The average molecular weight is 423 g/mol. The molecule has 0 bridgehead atoms. The summed E-state index contributed by atoms with van der Waals surface area (Å²) in [6.45, 7) is 3.42. The lowest BCUT2D eigenvalue weighted by molar-refractivity contribution is -0.0429. The van der Waals surface area contributed by atoms with E-state index in [1.165, 1.54) is 33.9 Å². The Kier molecular flexibility index (Phi) is 6.42. The summed E-state index contributed by atoms with van der Waals surface area (Å²) in [4.78, 5) is 26.9. The van der Waals surface area contributed by atoms with E-state index < -0.39 is 33.7 Å². The number of rotatable bonds is 5. The fraction of sp³-hybridized carbons (Fsp3) is 0.500. The third-order valence-electron chi connectivity index (χ3n) is 4.13. The van der Waals surface area contributed by atoms with Crippen molar-refractivity contribution in [3.05, 3.63) is 29.8 Å². The molecule has 0 spiro atoms. The Morgan fingerprint density at radius 2 is 1.96 bits per heavy atom. The lowest BCUT2D eigenvalue weighted by atomic mass is 10.1. The Labute approximate surface area is 160 Å². The number of para-hydroxylation sites is 1. The van der Waals surface area contributed by atoms with E-state index in [0.29, 0.717) is 6.42 Å². The largest absolute Gasteiger partial charge is 0.516 e. The summed E-state index contributed by atoms with van der Waals surface area (Å²) < 4.78 is 67.1. The van der Waals surface area contributed by atoms with Crippen LogP contribution in [-0.4, -0.2) is 55.0 Å². The number of halogens is 3. The number of alkyl halides is 3. The van der Waals surface area contributed by atoms with Crippen molar-refractivity contribution < 1.29 is 35.9 Å². The first-order chi connectivity index (χ1) is 13.0. The van der Waals surface area contributed by atoms with Crippen LogP contribution in [0.2, 0.25) is 0 Å². The molecule has 8 nitrogen and oxygen atoms in total. The van der Waals surface area contributed by atoms with Gasteiger partial charge in [0.15, 0.2) is 0 Å². The first kappa shape index (κ1) is 21.8. The second-order valence-electron chi connectivity index (χ2n) is 6.12. The fourth-order valence-electron chi connectivity index (χ4n) is 2.67. The predicted octanol–water partition coefficient (Wildman–Crippen LogP) is 3.12. The standard InChI is InChI=1S/C16H20F3N3O5S/c1-3-27-15(24)22-11(2)8-9-21(14(22)23)10-12-6-4-5-7-13(12)20-28(25,26)16(17,18)19/h4-7,11,20H,3,8-10H2,1-2H3. The molecule has 0 saturated carbocycles. The maximum absolute atomic E-state index is 12.7. The van der Waals surface area contributed by atoms with Gasteiger partial charge < -0.3 is 9.64 Å². The maximum Gasteiger partial charge on any atom is 0.516 e. The number of carbonyl (C=O) groups excluding carboxylic acids is 2. The van der Waals surface area contributed by atoms with Gasteiger partial charge in [-0.05, 0) is 31.9 Å². The van der Waals surface area contributed by atoms with Crippen molar-refractivity contribution in [2.75, 3.05) is 17.9 Å². The Hall–Kier alpha value is -2.50. The Balaban J connectivity index is 2.24. The molecule has 0 aromatic heterocycles. The van der Waals surface area contributed by atoms with Crippen molar-refractivity contribution in [3.8, 4) is 0 Å². The summed E-state index contributed by atoms with van der Waals surface area (Å²) in [5.74, 6) is 0. The van der Waals surface area contributed by atoms with Crippen molar-refractivity contribution >= 4 is 27.8 Å². The SMILES string of the molecule is CCOC(=O)N1C(=O)N(Cc2ccccc2NS(=O)(=O)C(F)(F)F)CCC1C. The van der Waals surface area contributed by atoms with E-state index >= 15 is 0 Å². The fourth-order valence-corrected chi connectivity index (χ4v) is 3.28. The number of nitrogens with one attached hydrogen (secondary N) is 1. The van der Waals surface area contributed by atoms with Gasteiger partial charge >= 0.3 is 27.7 Å². The van der Waals surface area contributed by atoms with E-state index in [1.807, 2.05) is 0 Å². The summed E-state index contributed by atoms with van der Waals surface area (Å²) in [6.07, 6.45) is -0.378. The zero-order valence-corrected chi connectivity index (χ0v) is 16.0. The molecule has 156 valence electrons. The Morgan fingerprint density at radius 1 is 1.32 bits per heavy atom. The minimum atomic E-state index is -5.61. The third-order valence-corrected chi connectivity index (χ3v) is 5.22. The molecule has 1 aliphatic rings. The van der Waals surface area contributed by atoms with Gasteiger partial charge in [0.25, 0.3) is 0 Å². The molecule has 12 heteroatoms. The molecule has 1 N–H and O–H groups in total. The van der Waals surface area contributed by atoms with Gasteiger partial charge in [-0.3, -0.25) is 4.72 Å². The molecule has 28 heavy (non-hydrogen) atoms. The van der Waals surface area contributed by atoms with Crippen LogP contribution in [0.5, 0.6) is 0 Å². The molecule has 1 saturated heterocycles. The van der Waals surface area contributed by atoms with Gasteiger partial charge in [-0.1, -0.05) is 18.2 Å². The zero-order chi connectivity index (χ0) is 21.1. The van der Waals surface area contributed by atoms with Crippen molar-refractivity contribution in [2.24, 2.45) is 0 Å². The van der Waals surface area contributed by atoms with Gasteiger partial charge in [0.2, 0.25) is 0 Å². The van der Waals surface area contributed by atoms with Crippen LogP contribution in [0.4, 0.5) is 28.4 Å². The number of amides is 3. The molecule has 2 rings (SSSR count). The molecule has 1 aromatic carbocycles. The molecule has 0 aliphatic carbocycles. The molecule has 0 radical (unpaired) electrons. The van der Waals surface area contributed by atoms with Crippen LogP contribution in [0, 0.1) is 0 Å². The highest BCUT2D eigenvalue weighted by atomic mass is 32.2. The lowest BCUT2D eigenvalue weighted by Crippen LogP contribution is -2.55. The number of hydrogen-bond acceptors (Lipinski definition) is 5. The van der Waals surface area contributed by atoms with E-state index in [9.17, 15) is 31.2 Å². The maximum atomic E-state index is 12.7. The summed E-state index contributed by atoms with van der Waals surface area (Å²) >= 11 is 0. The van der Waals surface area contributed by atoms with Crippen molar-refractivity contribution in [3.63, 3.8) is 0 Å². The van der Waals surface area contributed by atoms with Gasteiger partial charge in [-0.25, -0.2) is 14.5 Å². The molecular formula is C16H20F3N3O5S. The van der Waals surface area contributed by atoms with Gasteiger partial charge in [0.1, 0.15) is 0 Å². The third kappa shape index (κ3) is 4.66. The Bertz CT molecular complexity index is 844. The smallest absolute Gasteiger partial charge is 0.449 e. The van der Waals surface area contributed by atoms with Crippen LogP contribution in [0.25, 0.3) is 0 Å². The second-order valence-corrected chi connectivity index (χ2v) is 7.79. The van der Waals surface area contributed by atoms with Gasteiger partial charge in [-0.15, -0.1) is 0 Å². The van der Waals surface area contributed by atoms with Gasteiger partial charge in [0, 0.05) is 19.1 Å². The molecular weight excluding hydrogens is 403 g/mol. The van der Waals surface area contributed by atoms with Crippen molar-refractivity contribution in [1.29, 1.82) is 0 Å². The number of imide groups is 1. The summed E-state index contributed by atoms with van der Waals surface area (Å²) in [6, 6.07) is 4.36. The highest BCUT2D eigenvalue weighted by Gasteiger charge is 2.46. The molecule has 1 unspecified atom stereocenters. The first-order valence-electron chi connectivity index (χ1n) is 8.39. The van der Waals surface area contributed by atoms with Crippen LogP contribution in [-0.2, 0) is 21.3 Å². The van der Waals surface area contributed by atoms with E-state index in [-0.39, 0.29) is 30.9 Å². The number of nitrogens with zero attached hydrogens (tertiary/aromatic N) is 2. The van der Waals surface area contributed by atoms with Crippen LogP contribution in [0.1, 0.15) is 25.8 Å². The quantitative estimate of drug-likeness (QED) is 0.785. The number of ether oxygens (including phenoxy) is 1. The zero-order valence-electron chi connectivity index (χ0n) is 15.2. The number of carbonyl (C=O) groups is 2. The van der Waals surface area contributed by atoms with Gasteiger partial charge in [0.05, 0.1) is 12.3 Å². The lowest BCUT2D eigenvalue weighted by Gasteiger charge is -2.38. The van der Waals surface area contributed by atoms with Crippen molar-refractivity contribution in [1.82, 2.24) is 9.80 Å². The topological polar surface area (TPSA) is 96.0 Å². The highest BCUT2D eigenvalue weighted by Crippen LogP contribution is 2.28. The van der Waals surface area contributed by atoms with E-state index in [0.717, 1.165) is 4.90 Å². The molecule has 1 aromatic rings. The number of hydrogen-bond donors (Lipinski definition) is 1. The molecule has 1 fully saturated rings. The molecule has 1 heterocycles. The number of urea groups is 1. The minimum Gasteiger partial charge on any atom is -0.449 e. The summed E-state index contributed by atoms with van der Waals surface area (Å²) in [5, 5.41) is 0. The monoisotopic (exact) mass is 423 g/mol. The summed E-state index contributed by atoms with van der Waals surface area (Å²) in [7, 11) is -5.61. The first-order valence-corrected chi connectivity index (χ1v) is 9.88. The number of benzene rings is 1. The summed E-state index contributed by atoms with van der Waals surface area (Å²) in [5.41, 5.74) is -5.62. The highest BCUT2D eigenvalue weighted by molar-refractivity contribution is 7.93. The Morgan fingerprint density at radius 3 is 2.57 bits per heavy atom.